The number of hydrogen-bond donors (Lipinski definition) is 2. The largest absolute Gasteiger partial charge is 0.266 e. The highest BCUT2D eigenvalue weighted by Gasteiger charge is 2.13. The molecular formula is C8H13N3O2S. The molecule has 0 aliphatic rings. The van der Waals surface area contributed by atoms with Gasteiger partial charge in [-0.1, -0.05) is 11.6 Å². The fourth-order valence-electron chi connectivity index (χ4n) is 0.826. The van der Waals surface area contributed by atoms with Crippen molar-refractivity contribution in [2.24, 2.45) is 0 Å². The summed E-state index contributed by atoms with van der Waals surface area (Å²) < 4.78 is 25.3. The third kappa shape index (κ3) is 2.97. The van der Waals surface area contributed by atoms with Gasteiger partial charge in [-0.25, -0.2) is 13.1 Å². The first kappa shape index (κ1) is 10.9. The maximum absolute atomic E-state index is 11.5. The molecule has 1 aromatic rings. The number of allylic oxidation sites excluding steroid dienone is 1. The van der Waals surface area contributed by atoms with Gasteiger partial charge in [0.2, 0.25) is 0 Å². The van der Waals surface area contributed by atoms with Gasteiger partial charge in [-0.05, 0) is 19.9 Å². The summed E-state index contributed by atoms with van der Waals surface area (Å²) in [5.41, 5.74) is 1.07. The molecule has 5 nitrogen and oxygen atoms in total. The van der Waals surface area contributed by atoms with E-state index < -0.39 is 10.0 Å². The van der Waals surface area contributed by atoms with Crippen molar-refractivity contribution < 1.29 is 8.42 Å². The van der Waals surface area contributed by atoms with E-state index in [1.54, 1.807) is 6.08 Å². The van der Waals surface area contributed by atoms with Crippen molar-refractivity contribution in [2.75, 3.05) is 6.54 Å². The van der Waals surface area contributed by atoms with Gasteiger partial charge in [-0.2, -0.15) is 5.10 Å². The van der Waals surface area contributed by atoms with Gasteiger partial charge in [0.25, 0.3) is 10.0 Å². The number of hydrogen-bond acceptors (Lipinski definition) is 3. The maximum Gasteiger partial charge on any atom is 0.257 e. The van der Waals surface area contributed by atoms with Crippen LogP contribution in [0.3, 0.4) is 0 Å². The van der Waals surface area contributed by atoms with Gasteiger partial charge in [0.15, 0.2) is 5.03 Å². The Balaban J connectivity index is 2.65. The number of H-pyrrole nitrogens is 1. The lowest BCUT2D eigenvalue weighted by molar-refractivity contribution is 0.581. The monoisotopic (exact) mass is 215 g/mol. The second kappa shape index (κ2) is 4.39. The molecular weight excluding hydrogens is 202 g/mol. The molecule has 0 spiro atoms. The van der Waals surface area contributed by atoms with Crippen molar-refractivity contribution in [1.82, 2.24) is 14.9 Å². The van der Waals surface area contributed by atoms with Gasteiger partial charge in [0.1, 0.15) is 0 Å². The number of nitrogens with zero attached hydrogens (tertiary/aromatic N) is 1. The molecule has 0 radical (unpaired) electrons. The first-order valence-corrected chi connectivity index (χ1v) is 5.63. The van der Waals surface area contributed by atoms with Crippen molar-refractivity contribution in [1.29, 1.82) is 0 Å². The van der Waals surface area contributed by atoms with E-state index in [2.05, 4.69) is 14.9 Å². The lowest BCUT2D eigenvalue weighted by Gasteiger charge is -2.00. The summed E-state index contributed by atoms with van der Waals surface area (Å²) in [7, 11) is -3.43. The molecule has 1 aromatic heterocycles. The quantitative estimate of drug-likeness (QED) is 0.724. The summed E-state index contributed by atoms with van der Waals surface area (Å²) in [6.45, 7) is 4.11. The van der Waals surface area contributed by atoms with Crippen molar-refractivity contribution >= 4 is 10.0 Å². The van der Waals surface area contributed by atoms with Crippen LogP contribution < -0.4 is 4.72 Å². The molecule has 1 rings (SSSR count). The predicted molar refractivity (Wildman–Crippen MR) is 53.2 cm³/mol. The number of aromatic nitrogens is 2. The van der Waals surface area contributed by atoms with Crippen molar-refractivity contribution in [3.05, 3.63) is 23.9 Å². The van der Waals surface area contributed by atoms with Crippen LogP contribution in [0.15, 0.2) is 28.9 Å². The van der Waals surface area contributed by atoms with Crippen molar-refractivity contribution in [3.63, 3.8) is 0 Å². The summed E-state index contributed by atoms with van der Waals surface area (Å²) in [5, 5.41) is 6.05. The minimum absolute atomic E-state index is 0.0830. The van der Waals surface area contributed by atoms with Crippen molar-refractivity contribution in [2.45, 2.75) is 18.9 Å². The molecule has 1 heterocycles. The summed E-state index contributed by atoms with van der Waals surface area (Å²) >= 11 is 0. The van der Waals surface area contributed by atoms with E-state index >= 15 is 0 Å². The fraction of sp³-hybridized carbons (Fsp3) is 0.375. The molecule has 0 aromatic carbocycles. The van der Waals surface area contributed by atoms with Crippen LogP contribution in [0.4, 0.5) is 0 Å². The zero-order valence-electron chi connectivity index (χ0n) is 8.11. The predicted octanol–water partition coefficient (Wildman–Crippen LogP) is 0.654. The average molecular weight is 215 g/mol. The molecule has 2 N–H and O–H groups in total. The van der Waals surface area contributed by atoms with Crippen LogP contribution in [0.5, 0.6) is 0 Å². The van der Waals surface area contributed by atoms with E-state index in [1.807, 2.05) is 13.8 Å². The van der Waals surface area contributed by atoms with Gasteiger partial charge in [0, 0.05) is 6.54 Å². The smallest absolute Gasteiger partial charge is 0.257 e. The molecule has 14 heavy (non-hydrogen) atoms. The second-order valence-corrected chi connectivity index (χ2v) is 4.79. The van der Waals surface area contributed by atoms with Crippen LogP contribution >= 0.6 is 0 Å². The number of sulfonamides is 1. The molecule has 78 valence electrons. The second-order valence-electron chi connectivity index (χ2n) is 3.05. The number of nitrogens with one attached hydrogen (secondary N) is 2. The molecule has 0 bridgehead atoms. The lowest BCUT2D eigenvalue weighted by Crippen LogP contribution is -2.24. The standard InChI is InChI=1S/C8H13N3O2S/c1-7(2)3-6-10-14(12,13)8-4-5-9-11-8/h3-5,10H,6H2,1-2H3,(H,9,11). The van der Waals surface area contributed by atoms with Gasteiger partial charge < -0.3 is 0 Å². The number of rotatable bonds is 4. The van der Waals surface area contributed by atoms with E-state index in [-0.39, 0.29) is 5.03 Å². The molecule has 0 unspecified atom stereocenters. The highest BCUT2D eigenvalue weighted by atomic mass is 32.2. The topological polar surface area (TPSA) is 74.8 Å². The van der Waals surface area contributed by atoms with Gasteiger partial charge in [-0.15, -0.1) is 0 Å². The summed E-state index contributed by atoms with van der Waals surface area (Å²) in [4.78, 5) is 0. The Morgan fingerprint density at radius 1 is 1.64 bits per heavy atom. The van der Waals surface area contributed by atoms with Crippen LogP contribution in [0.2, 0.25) is 0 Å². The van der Waals surface area contributed by atoms with E-state index in [9.17, 15) is 8.42 Å². The molecule has 0 fully saturated rings. The third-order valence-corrected chi connectivity index (χ3v) is 2.90. The summed E-state index contributed by atoms with van der Waals surface area (Å²) in [6, 6.07) is 1.41. The Kier molecular flexibility index (Phi) is 3.43. The molecule has 0 aliphatic heterocycles. The van der Waals surface area contributed by atoms with Crippen LogP contribution in [-0.2, 0) is 10.0 Å². The van der Waals surface area contributed by atoms with E-state index in [0.717, 1.165) is 5.57 Å². The van der Waals surface area contributed by atoms with E-state index in [0.29, 0.717) is 6.54 Å². The summed E-state index contributed by atoms with van der Waals surface area (Å²) in [5.74, 6) is 0. The van der Waals surface area contributed by atoms with Crippen LogP contribution in [0, 0.1) is 0 Å². The van der Waals surface area contributed by atoms with Crippen molar-refractivity contribution in [3.8, 4) is 0 Å². The highest BCUT2D eigenvalue weighted by molar-refractivity contribution is 7.89. The Morgan fingerprint density at radius 3 is 2.86 bits per heavy atom. The minimum Gasteiger partial charge on any atom is -0.266 e. The zero-order valence-corrected chi connectivity index (χ0v) is 8.93. The minimum atomic E-state index is -3.43. The summed E-state index contributed by atoms with van der Waals surface area (Å²) in [6.07, 6.45) is 3.20. The number of aromatic amines is 1. The van der Waals surface area contributed by atoms with E-state index in [4.69, 9.17) is 0 Å². The Labute approximate surface area is 83.3 Å². The SMILES string of the molecule is CC(C)=CCNS(=O)(=O)c1ccn[nH]1. The van der Waals surface area contributed by atoms with Gasteiger partial charge >= 0.3 is 0 Å². The normalized spacial score (nSPS) is 11.3. The van der Waals surface area contributed by atoms with E-state index in [1.165, 1.54) is 12.3 Å². The molecule has 0 aliphatic carbocycles. The van der Waals surface area contributed by atoms with Crippen LogP contribution in [-0.4, -0.2) is 25.2 Å². The first-order valence-electron chi connectivity index (χ1n) is 4.15. The average Bonchev–Trinajstić information content (AvgIpc) is 2.54. The van der Waals surface area contributed by atoms with Crippen LogP contribution in [0.25, 0.3) is 0 Å². The molecule has 0 saturated carbocycles. The zero-order chi connectivity index (χ0) is 10.6. The first-order chi connectivity index (χ1) is 6.52. The Hall–Kier alpha value is -1.14. The van der Waals surface area contributed by atoms with Crippen LogP contribution in [0.1, 0.15) is 13.8 Å². The van der Waals surface area contributed by atoms with Gasteiger partial charge in [0.05, 0.1) is 6.20 Å². The highest BCUT2D eigenvalue weighted by Crippen LogP contribution is 2.01. The molecule has 0 atom stereocenters. The molecule has 0 saturated heterocycles. The Bertz CT molecular complexity index is 402. The Morgan fingerprint density at radius 2 is 2.36 bits per heavy atom. The molecule has 0 amide bonds. The fourth-order valence-corrected chi connectivity index (χ4v) is 1.70. The third-order valence-electron chi connectivity index (χ3n) is 1.55. The molecule has 6 heteroatoms. The lowest BCUT2D eigenvalue weighted by atomic mass is 10.3. The maximum atomic E-state index is 11.5. The van der Waals surface area contributed by atoms with Gasteiger partial charge in [-0.3, -0.25) is 5.10 Å².